The van der Waals surface area contributed by atoms with Crippen LogP contribution in [0.25, 0.3) is 0 Å². The Bertz CT molecular complexity index is 777. The predicted molar refractivity (Wildman–Crippen MR) is 108 cm³/mol. The molecule has 0 aliphatic rings. The van der Waals surface area contributed by atoms with Gasteiger partial charge in [-0.3, -0.25) is 9.59 Å². The average Bonchev–Trinajstić information content (AvgIpc) is 2.70. The van der Waals surface area contributed by atoms with E-state index in [9.17, 15) is 9.59 Å². The van der Waals surface area contributed by atoms with Crippen LogP contribution in [-0.2, 0) is 16.1 Å². The highest BCUT2D eigenvalue weighted by atomic mass is 16.5. The highest BCUT2D eigenvalue weighted by Gasteiger charge is 2.27. The number of nitrogens with zero attached hydrogens (tertiary/aromatic N) is 1. The number of nitrogens with one attached hydrogen (secondary N) is 1. The van der Waals surface area contributed by atoms with Crippen LogP contribution in [0.5, 0.6) is 11.5 Å². The standard InChI is InChI=1S/C22H28N2O4/c1-16(2)23-22(26)17(3)24(14-18-10-6-5-7-11-18)21(25)15-28-20-13-9-8-12-19(20)27-4/h5-13,16-17H,14-15H2,1-4H3,(H,23,26)/t17-/m1/s1. The van der Waals surface area contributed by atoms with E-state index in [4.69, 9.17) is 9.47 Å². The second-order valence-corrected chi connectivity index (χ2v) is 6.79. The summed E-state index contributed by atoms with van der Waals surface area (Å²) in [7, 11) is 1.55. The van der Waals surface area contributed by atoms with Gasteiger partial charge in [-0.15, -0.1) is 0 Å². The molecule has 0 fully saturated rings. The van der Waals surface area contributed by atoms with Gasteiger partial charge in [-0.05, 0) is 38.5 Å². The fourth-order valence-electron chi connectivity index (χ4n) is 2.73. The number of hydrogen-bond acceptors (Lipinski definition) is 4. The second kappa shape index (κ2) is 10.3. The zero-order valence-corrected chi connectivity index (χ0v) is 16.8. The van der Waals surface area contributed by atoms with Crippen LogP contribution in [-0.4, -0.2) is 42.5 Å². The van der Waals surface area contributed by atoms with Crippen molar-refractivity contribution in [1.29, 1.82) is 0 Å². The minimum atomic E-state index is -0.628. The first-order chi connectivity index (χ1) is 13.4. The number of hydrogen-bond donors (Lipinski definition) is 1. The minimum Gasteiger partial charge on any atom is -0.493 e. The molecule has 0 radical (unpaired) electrons. The van der Waals surface area contributed by atoms with Crippen molar-refractivity contribution in [3.8, 4) is 11.5 Å². The van der Waals surface area contributed by atoms with E-state index in [1.807, 2.05) is 56.3 Å². The highest BCUT2D eigenvalue weighted by molar-refractivity contribution is 5.88. The van der Waals surface area contributed by atoms with Gasteiger partial charge in [0.05, 0.1) is 7.11 Å². The lowest BCUT2D eigenvalue weighted by Gasteiger charge is -2.29. The maximum absolute atomic E-state index is 12.9. The topological polar surface area (TPSA) is 67.9 Å². The van der Waals surface area contributed by atoms with E-state index >= 15 is 0 Å². The maximum atomic E-state index is 12.9. The lowest BCUT2D eigenvalue weighted by Crippen LogP contribution is -2.50. The van der Waals surface area contributed by atoms with Gasteiger partial charge in [0.25, 0.3) is 5.91 Å². The molecule has 0 aliphatic carbocycles. The highest BCUT2D eigenvalue weighted by Crippen LogP contribution is 2.25. The van der Waals surface area contributed by atoms with E-state index < -0.39 is 6.04 Å². The van der Waals surface area contributed by atoms with Gasteiger partial charge in [-0.2, -0.15) is 0 Å². The number of methoxy groups -OCH3 is 1. The van der Waals surface area contributed by atoms with Crippen molar-refractivity contribution in [3.05, 3.63) is 60.2 Å². The third kappa shape index (κ3) is 6.01. The Morgan fingerprint density at radius 2 is 1.57 bits per heavy atom. The van der Waals surface area contributed by atoms with Crippen LogP contribution in [0.2, 0.25) is 0 Å². The summed E-state index contributed by atoms with van der Waals surface area (Å²) in [6.45, 7) is 5.63. The number of carbonyl (C=O) groups is 2. The minimum absolute atomic E-state index is 0.00606. The van der Waals surface area contributed by atoms with E-state index in [1.54, 1.807) is 26.2 Å². The average molecular weight is 384 g/mol. The molecule has 0 saturated carbocycles. The van der Waals surface area contributed by atoms with Gasteiger partial charge in [0.15, 0.2) is 18.1 Å². The fourth-order valence-corrected chi connectivity index (χ4v) is 2.73. The van der Waals surface area contributed by atoms with Crippen LogP contribution in [0.15, 0.2) is 54.6 Å². The Kier molecular flexibility index (Phi) is 7.87. The molecule has 2 aromatic carbocycles. The molecule has 0 heterocycles. The molecule has 150 valence electrons. The van der Waals surface area contributed by atoms with E-state index in [2.05, 4.69) is 5.32 Å². The third-order valence-corrected chi connectivity index (χ3v) is 4.21. The Morgan fingerprint density at radius 3 is 2.18 bits per heavy atom. The van der Waals surface area contributed by atoms with Crippen molar-refractivity contribution >= 4 is 11.8 Å². The van der Waals surface area contributed by atoms with Crippen molar-refractivity contribution in [2.45, 2.75) is 39.4 Å². The molecule has 1 atom stereocenters. The third-order valence-electron chi connectivity index (χ3n) is 4.21. The Morgan fingerprint density at radius 1 is 0.964 bits per heavy atom. The summed E-state index contributed by atoms with van der Waals surface area (Å²) in [5.74, 6) is 0.561. The molecular formula is C22H28N2O4. The van der Waals surface area contributed by atoms with Gasteiger partial charge in [0.1, 0.15) is 6.04 Å². The molecule has 0 unspecified atom stereocenters. The molecule has 0 saturated heterocycles. The number of rotatable bonds is 9. The number of amides is 2. The van der Waals surface area contributed by atoms with Gasteiger partial charge in [0, 0.05) is 12.6 Å². The van der Waals surface area contributed by atoms with Gasteiger partial charge in [0.2, 0.25) is 5.91 Å². The first-order valence-corrected chi connectivity index (χ1v) is 9.32. The monoisotopic (exact) mass is 384 g/mol. The number of ether oxygens (including phenoxy) is 2. The number of carbonyl (C=O) groups excluding carboxylic acids is 2. The lowest BCUT2D eigenvalue weighted by molar-refractivity contribution is -0.142. The Hall–Kier alpha value is -3.02. The molecular weight excluding hydrogens is 356 g/mol. The summed E-state index contributed by atoms with van der Waals surface area (Å²) >= 11 is 0. The van der Waals surface area contributed by atoms with Gasteiger partial charge in [-0.25, -0.2) is 0 Å². The molecule has 2 aromatic rings. The van der Waals surface area contributed by atoms with E-state index in [-0.39, 0.29) is 24.5 Å². The zero-order valence-electron chi connectivity index (χ0n) is 16.8. The van der Waals surface area contributed by atoms with Crippen LogP contribution in [0, 0.1) is 0 Å². The maximum Gasteiger partial charge on any atom is 0.261 e. The van der Waals surface area contributed by atoms with Crippen molar-refractivity contribution in [1.82, 2.24) is 10.2 Å². The van der Waals surface area contributed by atoms with Crippen molar-refractivity contribution in [2.75, 3.05) is 13.7 Å². The first-order valence-electron chi connectivity index (χ1n) is 9.32. The molecule has 1 N–H and O–H groups in total. The normalized spacial score (nSPS) is 11.6. The predicted octanol–water partition coefficient (Wildman–Crippen LogP) is 3.02. The molecule has 6 nitrogen and oxygen atoms in total. The summed E-state index contributed by atoms with van der Waals surface area (Å²) in [5, 5.41) is 2.86. The molecule has 2 amide bonds. The largest absolute Gasteiger partial charge is 0.493 e. The number of benzene rings is 2. The summed E-state index contributed by atoms with van der Waals surface area (Å²) in [5.41, 5.74) is 0.942. The molecule has 0 bridgehead atoms. The zero-order chi connectivity index (χ0) is 20.5. The quantitative estimate of drug-likeness (QED) is 0.722. The van der Waals surface area contributed by atoms with Gasteiger partial charge in [-0.1, -0.05) is 42.5 Å². The molecule has 6 heteroatoms. The van der Waals surface area contributed by atoms with Crippen LogP contribution in [0.1, 0.15) is 26.3 Å². The van der Waals surface area contributed by atoms with Crippen molar-refractivity contribution < 1.29 is 19.1 Å². The van der Waals surface area contributed by atoms with Crippen LogP contribution in [0.4, 0.5) is 0 Å². The van der Waals surface area contributed by atoms with Crippen LogP contribution < -0.4 is 14.8 Å². The SMILES string of the molecule is COc1ccccc1OCC(=O)N(Cc1ccccc1)[C@H](C)C(=O)NC(C)C. The van der Waals surface area contributed by atoms with Gasteiger partial charge < -0.3 is 19.7 Å². The summed E-state index contributed by atoms with van der Waals surface area (Å²) in [6.07, 6.45) is 0. The molecule has 0 spiro atoms. The fraction of sp³-hybridized carbons (Fsp3) is 0.364. The smallest absolute Gasteiger partial charge is 0.261 e. The van der Waals surface area contributed by atoms with E-state index in [0.717, 1.165) is 5.56 Å². The summed E-state index contributed by atoms with van der Waals surface area (Å²) in [4.78, 5) is 27.0. The number of para-hydroxylation sites is 2. The molecule has 28 heavy (non-hydrogen) atoms. The van der Waals surface area contributed by atoms with Crippen LogP contribution in [0.3, 0.4) is 0 Å². The van der Waals surface area contributed by atoms with E-state index in [0.29, 0.717) is 18.0 Å². The first kappa shape index (κ1) is 21.3. The molecule has 0 aliphatic heterocycles. The van der Waals surface area contributed by atoms with Crippen LogP contribution >= 0.6 is 0 Å². The summed E-state index contributed by atoms with van der Waals surface area (Å²) < 4.78 is 10.9. The van der Waals surface area contributed by atoms with Gasteiger partial charge >= 0.3 is 0 Å². The molecule has 0 aromatic heterocycles. The van der Waals surface area contributed by atoms with Crippen molar-refractivity contribution in [2.24, 2.45) is 0 Å². The van der Waals surface area contributed by atoms with Crippen molar-refractivity contribution in [3.63, 3.8) is 0 Å². The van der Waals surface area contributed by atoms with E-state index in [1.165, 1.54) is 4.90 Å². The lowest BCUT2D eigenvalue weighted by atomic mass is 10.1. The molecule has 2 rings (SSSR count). The Balaban J connectivity index is 2.14. The second-order valence-electron chi connectivity index (χ2n) is 6.79. The summed E-state index contributed by atoms with van der Waals surface area (Å²) in [6, 6.07) is 16.1. The Labute approximate surface area is 166 Å².